The molecule has 19 heavy (non-hydrogen) atoms. The normalized spacial score (nSPS) is 10.4. The molecule has 100 valence electrons. The van der Waals surface area contributed by atoms with E-state index in [1.807, 2.05) is 13.0 Å². The highest BCUT2D eigenvalue weighted by atomic mass is 15.1. The molecule has 1 aromatic carbocycles. The molecule has 0 aliphatic heterocycles. The van der Waals surface area contributed by atoms with Crippen molar-refractivity contribution in [3.8, 4) is 0 Å². The lowest BCUT2D eigenvalue weighted by Gasteiger charge is -2.07. The Morgan fingerprint density at radius 3 is 2.53 bits per heavy atom. The minimum absolute atomic E-state index is 0.320. The maximum atomic E-state index is 5.61. The molecule has 0 saturated carbocycles. The van der Waals surface area contributed by atoms with Gasteiger partial charge in [0, 0.05) is 18.3 Å². The van der Waals surface area contributed by atoms with Crippen LogP contribution in [0.15, 0.2) is 30.3 Å². The van der Waals surface area contributed by atoms with Crippen molar-refractivity contribution in [2.75, 3.05) is 17.6 Å². The van der Waals surface area contributed by atoms with Crippen LogP contribution in [0.3, 0.4) is 0 Å². The number of benzene rings is 1. The zero-order chi connectivity index (χ0) is 13.7. The fourth-order valence-electron chi connectivity index (χ4n) is 1.95. The van der Waals surface area contributed by atoms with Crippen molar-refractivity contribution in [2.24, 2.45) is 0 Å². The van der Waals surface area contributed by atoms with Gasteiger partial charge in [-0.25, -0.2) is 4.98 Å². The second-order valence-electron chi connectivity index (χ2n) is 4.77. The van der Waals surface area contributed by atoms with Gasteiger partial charge in [0.25, 0.3) is 0 Å². The van der Waals surface area contributed by atoms with Crippen LogP contribution < -0.4 is 11.1 Å². The van der Waals surface area contributed by atoms with E-state index in [4.69, 9.17) is 5.73 Å². The maximum absolute atomic E-state index is 5.61. The van der Waals surface area contributed by atoms with E-state index in [2.05, 4.69) is 46.5 Å². The van der Waals surface area contributed by atoms with Gasteiger partial charge in [0.1, 0.15) is 5.82 Å². The van der Waals surface area contributed by atoms with Gasteiger partial charge in [-0.3, -0.25) is 0 Å². The van der Waals surface area contributed by atoms with E-state index in [1.165, 1.54) is 11.1 Å². The van der Waals surface area contributed by atoms with Crippen LogP contribution in [0.1, 0.15) is 23.2 Å². The smallest absolute Gasteiger partial charge is 0.222 e. The summed E-state index contributed by atoms with van der Waals surface area (Å²) in [6.07, 6.45) is 2.12. The predicted molar refractivity (Wildman–Crippen MR) is 79.2 cm³/mol. The van der Waals surface area contributed by atoms with Crippen molar-refractivity contribution in [2.45, 2.75) is 26.7 Å². The van der Waals surface area contributed by atoms with Crippen LogP contribution in [0, 0.1) is 13.8 Å². The molecule has 4 heteroatoms. The average Bonchev–Trinajstić information content (AvgIpc) is 2.36. The number of rotatable bonds is 5. The van der Waals surface area contributed by atoms with Gasteiger partial charge in [-0.15, -0.1) is 0 Å². The largest absolute Gasteiger partial charge is 0.370 e. The van der Waals surface area contributed by atoms with Gasteiger partial charge >= 0.3 is 0 Å². The Labute approximate surface area is 114 Å². The molecule has 3 N–H and O–H groups in total. The highest BCUT2D eigenvalue weighted by Gasteiger charge is 1.99. The third-order valence-electron chi connectivity index (χ3n) is 2.94. The van der Waals surface area contributed by atoms with E-state index in [-0.39, 0.29) is 0 Å². The third-order valence-corrected chi connectivity index (χ3v) is 2.94. The second kappa shape index (κ2) is 6.18. The van der Waals surface area contributed by atoms with E-state index >= 15 is 0 Å². The molecule has 4 nitrogen and oxygen atoms in total. The molecule has 0 saturated heterocycles. The number of nitrogen functional groups attached to an aromatic ring is 1. The zero-order valence-corrected chi connectivity index (χ0v) is 11.5. The summed E-state index contributed by atoms with van der Waals surface area (Å²) in [6.45, 7) is 4.90. The molecule has 0 amide bonds. The lowest BCUT2D eigenvalue weighted by atomic mass is 10.1. The van der Waals surface area contributed by atoms with Gasteiger partial charge in [-0.05, 0) is 32.3 Å². The molecule has 2 aromatic rings. The van der Waals surface area contributed by atoms with E-state index in [0.717, 1.165) is 30.9 Å². The summed E-state index contributed by atoms with van der Waals surface area (Å²) in [6, 6.07) is 10.6. The van der Waals surface area contributed by atoms with E-state index in [1.54, 1.807) is 0 Å². The second-order valence-corrected chi connectivity index (χ2v) is 4.77. The summed E-state index contributed by atoms with van der Waals surface area (Å²) in [5.74, 6) is 1.12. The van der Waals surface area contributed by atoms with Crippen LogP contribution in [0.4, 0.5) is 11.8 Å². The van der Waals surface area contributed by atoms with Crippen LogP contribution in [-0.2, 0) is 6.42 Å². The Hall–Kier alpha value is -2.10. The number of hydrogen-bond acceptors (Lipinski definition) is 4. The fourth-order valence-corrected chi connectivity index (χ4v) is 1.95. The summed E-state index contributed by atoms with van der Waals surface area (Å²) in [5.41, 5.74) is 9.16. The van der Waals surface area contributed by atoms with Gasteiger partial charge in [0.2, 0.25) is 5.95 Å². The molecular formula is C15H20N4. The molecular weight excluding hydrogens is 236 g/mol. The van der Waals surface area contributed by atoms with Crippen LogP contribution in [0.25, 0.3) is 0 Å². The Morgan fingerprint density at radius 2 is 1.84 bits per heavy atom. The number of aromatic nitrogens is 2. The lowest BCUT2D eigenvalue weighted by molar-refractivity contribution is 0.857. The predicted octanol–water partition coefficient (Wildman–Crippen LogP) is 2.72. The van der Waals surface area contributed by atoms with Crippen LogP contribution >= 0.6 is 0 Å². The lowest BCUT2D eigenvalue weighted by Crippen LogP contribution is -2.07. The number of nitrogens with zero attached hydrogens (tertiary/aromatic N) is 2. The summed E-state index contributed by atoms with van der Waals surface area (Å²) < 4.78 is 0. The molecule has 0 unspecified atom stereocenters. The quantitative estimate of drug-likeness (QED) is 0.807. The van der Waals surface area contributed by atoms with Gasteiger partial charge in [0.05, 0.1) is 0 Å². The van der Waals surface area contributed by atoms with Crippen molar-refractivity contribution in [1.29, 1.82) is 0 Å². The Kier molecular flexibility index (Phi) is 4.34. The Bertz CT molecular complexity index is 514. The van der Waals surface area contributed by atoms with Crippen molar-refractivity contribution in [3.05, 3.63) is 47.2 Å². The summed E-state index contributed by atoms with van der Waals surface area (Å²) >= 11 is 0. The summed E-state index contributed by atoms with van der Waals surface area (Å²) in [4.78, 5) is 8.19. The topological polar surface area (TPSA) is 63.8 Å². The monoisotopic (exact) mass is 256 g/mol. The molecule has 0 fully saturated rings. The minimum Gasteiger partial charge on any atom is -0.370 e. The first-order valence-corrected chi connectivity index (χ1v) is 6.54. The highest BCUT2D eigenvalue weighted by Crippen LogP contribution is 2.09. The van der Waals surface area contributed by atoms with Crippen LogP contribution in [0.5, 0.6) is 0 Å². The summed E-state index contributed by atoms with van der Waals surface area (Å²) in [7, 11) is 0. The molecule has 0 spiro atoms. The van der Waals surface area contributed by atoms with Gasteiger partial charge in [-0.1, -0.05) is 29.8 Å². The Balaban J connectivity index is 1.79. The van der Waals surface area contributed by atoms with E-state index < -0.39 is 0 Å². The van der Waals surface area contributed by atoms with Crippen LogP contribution in [-0.4, -0.2) is 16.5 Å². The van der Waals surface area contributed by atoms with Gasteiger partial charge in [0.15, 0.2) is 0 Å². The zero-order valence-electron chi connectivity index (χ0n) is 11.5. The third kappa shape index (κ3) is 4.25. The number of nitrogens with one attached hydrogen (secondary N) is 1. The van der Waals surface area contributed by atoms with Crippen molar-refractivity contribution >= 4 is 11.8 Å². The number of anilines is 2. The number of hydrogen-bond donors (Lipinski definition) is 2. The molecule has 1 aromatic heterocycles. The maximum Gasteiger partial charge on any atom is 0.222 e. The summed E-state index contributed by atoms with van der Waals surface area (Å²) in [5, 5.41) is 3.28. The van der Waals surface area contributed by atoms with E-state index in [0.29, 0.717) is 5.95 Å². The molecule has 0 aliphatic carbocycles. The first-order chi connectivity index (χ1) is 9.13. The molecule has 0 bridgehead atoms. The standard InChI is InChI=1S/C15H20N4/c1-11-5-7-13(8-6-11)4-3-9-17-14-10-12(2)18-15(16)19-14/h5-8,10H,3-4,9H2,1-2H3,(H3,16,17,18,19). The number of aryl methyl sites for hydroxylation is 3. The minimum atomic E-state index is 0.320. The van der Waals surface area contributed by atoms with Gasteiger partial charge < -0.3 is 11.1 Å². The first kappa shape index (κ1) is 13.3. The fraction of sp³-hybridized carbons (Fsp3) is 0.333. The highest BCUT2D eigenvalue weighted by molar-refractivity contribution is 5.40. The first-order valence-electron chi connectivity index (χ1n) is 6.54. The van der Waals surface area contributed by atoms with Gasteiger partial charge in [-0.2, -0.15) is 4.98 Å². The van der Waals surface area contributed by atoms with E-state index in [9.17, 15) is 0 Å². The molecule has 0 radical (unpaired) electrons. The Morgan fingerprint density at radius 1 is 1.11 bits per heavy atom. The molecule has 2 rings (SSSR count). The SMILES string of the molecule is Cc1ccc(CCCNc2cc(C)nc(N)n2)cc1. The number of nitrogens with two attached hydrogens (primary N) is 1. The van der Waals surface area contributed by atoms with Crippen LogP contribution in [0.2, 0.25) is 0 Å². The average molecular weight is 256 g/mol. The molecule has 1 heterocycles. The van der Waals surface area contributed by atoms with Crippen molar-refractivity contribution in [3.63, 3.8) is 0 Å². The van der Waals surface area contributed by atoms with Crippen molar-refractivity contribution < 1.29 is 0 Å². The van der Waals surface area contributed by atoms with Crippen molar-refractivity contribution in [1.82, 2.24) is 9.97 Å². The molecule has 0 aliphatic rings. The molecule has 0 atom stereocenters.